The molecule has 1 saturated heterocycles. The number of carbonyl (C=O) groups excluding carboxylic acids is 10. The third-order valence-electron chi connectivity index (χ3n) is 24.6. The third kappa shape index (κ3) is 18.2. The van der Waals surface area contributed by atoms with Crippen molar-refractivity contribution < 1.29 is 90.7 Å². The lowest BCUT2D eigenvalue weighted by Gasteiger charge is -2.36. The molecule has 21 rings (SSSR count). The molecule has 6 aromatic heterocycles. The van der Waals surface area contributed by atoms with Gasteiger partial charge in [0.05, 0.1) is 11.1 Å². The predicted molar refractivity (Wildman–Crippen MR) is 520 cm³/mol. The lowest BCUT2D eigenvalue weighted by molar-refractivity contribution is -0.195. The Morgan fingerprint density at radius 3 is 1.00 bits per heavy atom. The van der Waals surface area contributed by atoms with Crippen molar-refractivity contribution in [3.8, 4) is 90.5 Å². The molecule has 700 valence electrons. The summed E-state index contributed by atoms with van der Waals surface area (Å²) in [5.74, 6) is -1.75. The molecule has 0 bridgehead atoms. The van der Waals surface area contributed by atoms with Gasteiger partial charge in [0.2, 0.25) is 5.91 Å². The second-order valence-electron chi connectivity index (χ2n) is 35.0. The Bertz CT molecular complexity index is 7350. The molecule has 28 heteroatoms. The zero-order chi connectivity index (χ0) is 97.6. The topological polar surface area (TPSA) is 325 Å². The van der Waals surface area contributed by atoms with Crippen LogP contribution in [0.25, 0.3) is 88.1 Å². The van der Waals surface area contributed by atoms with Crippen LogP contribution in [-0.2, 0) is 105 Å². The average molecular weight is 1850 g/mol. The van der Waals surface area contributed by atoms with Crippen molar-refractivity contribution in [1.82, 2.24) is 37.8 Å². The van der Waals surface area contributed by atoms with Crippen LogP contribution in [0, 0.1) is 27.7 Å². The Kier molecular flexibility index (Phi) is 25.7. The first-order valence-electron chi connectivity index (χ1n) is 45.1. The number of hydrogen-bond acceptors (Lipinski definition) is 20. The first kappa shape index (κ1) is 93.2. The number of nitrogens with two attached hydrogens (primary N) is 1. The molecule has 0 unspecified atom stereocenters. The number of carbonyl (C=O) groups is 10. The zero-order valence-corrected chi connectivity index (χ0v) is 78.7. The summed E-state index contributed by atoms with van der Waals surface area (Å²) < 4.78 is 58.5. The minimum Gasteiger partial charge on any atom is -0.456 e. The molecule has 3 amide bonds. The number of ether oxygens (including phenoxy) is 8. The van der Waals surface area contributed by atoms with Gasteiger partial charge in [-0.1, -0.05) is 82.9 Å². The lowest BCUT2D eigenvalue weighted by atomic mass is 9.77. The Labute approximate surface area is 794 Å². The summed E-state index contributed by atoms with van der Waals surface area (Å²) in [5, 5.41) is 8.59. The summed E-state index contributed by atoms with van der Waals surface area (Å²) in [6.45, 7) is 19.7. The highest BCUT2D eigenvalue weighted by Gasteiger charge is 2.55. The second-order valence-corrected chi connectivity index (χ2v) is 35.0. The quantitative estimate of drug-likeness (QED) is 0.0393. The summed E-state index contributed by atoms with van der Waals surface area (Å²) in [5.41, 5.74) is 28.2. The van der Waals surface area contributed by atoms with Gasteiger partial charge >= 0.3 is 41.8 Å². The van der Waals surface area contributed by atoms with E-state index in [1.54, 1.807) is 104 Å². The van der Waals surface area contributed by atoms with Gasteiger partial charge < -0.3 is 81.2 Å². The van der Waals surface area contributed by atoms with Gasteiger partial charge in [-0.15, -0.1) is 5.06 Å². The Morgan fingerprint density at radius 2 is 0.674 bits per heavy atom. The van der Waals surface area contributed by atoms with Gasteiger partial charge in [0, 0.05) is 298 Å². The summed E-state index contributed by atoms with van der Waals surface area (Å²) in [7, 11) is 8.46. The van der Waals surface area contributed by atoms with Crippen molar-refractivity contribution in [3.05, 3.63) is 310 Å². The van der Waals surface area contributed by atoms with Crippen molar-refractivity contribution >= 4 is 103 Å². The molecule has 0 radical (unpaired) electrons. The van der Waals surface area contributed by atoms with Crippen LogP contribution >= 0.6 is 0 Å². The van der Waals surface area contributed by atoms with Gasteiger partial charge in [0.15, 0.2) is 11.2 Å². The highest BCUT2D eigenvalue weighted by Crippen LogP contribution is 2.60. The largest absolute Gasteiger partial charge is 0.456 e. The number of aryl methyl sites for hydroxylation is 10. The van der Waals surface area contributed by atoms with Crippen molar-refractivity contribution in [2.45, 2.75) is 119 Å². The fourth-order valence-corrected chi connectivity index (χ4v) is 18.8. The van der Waals surface area contributed by atoms with Crippen molar-refractivity contribution in [2.75, 3.05) is 13.1 Å². The second kappa shape index (κ2) is 38.0. The molecule has 16 aromatic rings. The molecular weight excluding hydrogens is 1750 g/mol. The third-order valence-corrected chi connectivity index (χ3v) is 24.6. The van der Waals surface area contributed by atoms with E-state index in [2.05, 4.69) is 216 Å². The minimum absolute atomic E-state index is 0.0212. The van der Waals surface area contributed by atoms with Gasteiger partial charge in [0.1, 0.15) is 46.0 Å². The van der Waals surface area contributed by atoms with Gasteiger partial charge in [-0.25, -0.2) is 14.4 Å². The molecule has 3 N–H and O–H groups in total. The Morgan fingerprint density at radius 1 is 0.355 bits per heavy atom. The predicted octanol–water partition coefficient (Wildman–Crippen LogP) is 19.5. The number of nitrogens with one attached hydrogen (secondary N) is 1. The number of imide groups is 1. The molecule has 0 aliphatic carbocycles. The average Bonchev–Trinajstić information content (AvgIpc) is 1.45. The molecular formula is C110H101N9O19. The van der Waals surface area contributed by atoms with E-state index in [9.17, 15) is 47.9 Å². The van der Waals surface area contributed by atoms with Gasteiger partial charge in [-0.3, -0.25) is 33.6 Å². The van der Waals surface area contributed by atoms with E-state index in [1.165, 1.54) is 138 Å². The SMILES string of the molecule is CC(=O)NCCCn1cc(-c2cn(C)cc2-c2cn(C)c3ccc(C)cc23)c2cc(C)ccc21.CC(=O)ON1C(=O)CCC1=O.CC(=O)Oc1ccc2c(c1)Oc1cc(OC(C)=O)ccc1C21OC(=O)c2ccccc21.CC(=O)Oc1ccc2c(c1)Oc1cc(OC(C)=O)ccc1C21OC(=O)c2ccccc21.Cc1ccc2c(c1)c(-c1cn(C)cc1-c1cn(CCCN)c3ccc(C)cc13)cn2C. The van der Waals surface area contributed by atoms with Crippen LogP contribution in [0.4, 0.5) is 0 Å². The molecule has 10 aromatic carbocycles. The van der Waals surface area contributed by atoms with Crippen molar-refractivity contribution in [2.24, 2.45) is 33.9 Å². The van der Waals surface area contributed by atoms with Crippen LogP contribution in [0.15, 0.2) is 244 Å². The molecule has 28 nitrogen and oxygen atoms in total. The zero-order valence-electron chi connectivity index (χ0n) is 78.7. The normalized spacial score (nSPS) is 13.4. The van der Waals surface area contributed by atoms with Gasteiger partial charge in [-0.05, 0) is 156 Å². The maximum atomic E-state index is 12.8. The Balaban J connectivity index is 0.000000123. The molecule has 2 spiro atoms. The summed E-state index contributed by atoms with van der Waals surface area (Å²) in [6, 6.07) is 60.7. The monoisotopic (exact) mass is 1850 g/mol. The maximum Gasteiger partial charge on any atom is 0.340 e. The standard InChI is InChI=1S/C29H32N4O.C27H30N4.2C24H16O7.C6H7NO4/c1-19-7-9-28-22(13-19)26(17-32(28)5)24-15-31(4)16-25(24)27-18-33(12-6-11-30-21(3)34)29-10-8-20(2)14-23(27)29;1-18-6-8-26-20(12-18)24(16-30(26)4)22-14-29(3)15-23(22)25-17-31(11-5-10-28)27-9-7-19(2)13-21(25)27;2*1-13(25)28-15-7-9-19-21(11-15)30-22-12-16(29-14(2)26)8-10-20(22)24(19)18-6-4-3-5-17(18)23(27)31-24;1-4(8)11-7-5(9)2-3-6(7)10/h7-10,13-18H,6,11-12H2,1-5H3,(H,30,34);6-9,12-17H,5,10-11,28H2,1-4H3;2*3-12H,1-2H3;2-3H2,1H3. The van der Waals surface area contributed by atoms with Crippen LogP contribution in [0.1, 0.15) is 144 Å². The fourth-order valence-electron chi connectivity index (χ4n) is 18.8. The number of esters is 6. The molecule has 5 aliphatic rings. The van der Waals surface area contributed by atoms with Crippen LogP contribution in [-0.4, -0.2) is 105 Å². The summed E-state index contributed by atoms with van der Waals surface area (Å²) >= 11 is 0. The van der Waals surface area contributed by atoms with Crippen LogP contribution in [0.3, 0.4) is 0 Å². The molecule has 0 saturated carbocycles. The maximum absolute atomic E-state index is 12.8. The summed E-state index contributed by atoms with van der Waals surface area (Å²) in [4.78, 5) is 119. The fraction of sp³-hybridized carbons (Fsp3) is 0.218. The van der Waals surface area contributed by atoms with E-state index < -0.39 is 64.8 Å². The van der Waals surface area contributed by atoms with E-state index in [4.69, 9.17) is 43.6 Å². The van der Waals surface area contributed by atoms with Crippen LogP contribution in [0.2, 0.25) is 0 Å². The van der Waals surface area contributed by atoms with Crippen LogP contribution in [0.5, 0.6) is 46.0 Å². The van der Waals surface area contributed by atoms with E-state index in [-0.39, 0.29) is 18.7 Å². The van der Waals surface area contributed by atoms with E-state index in [0.717, 1.165) is 32.9 Å². The number of fused-ring (bicyclic) bond motifs is 16. The van der Waals surface area contributed by atoms with E-state index >= 15 is 0 Å². The number of amides is 3. The number of aromatic nitrogens is 6. The highest BCUT2D eigenvalue weighted by atomic mass is 16.7. The smallest absolute Gasteiger partial charge is 0.340 e. The van der Waals surface area contributed by atoms with E-state index in [0.29, 0.717) is 109 Å². The molecule has 1 fully saturated rings. The van der Waals surface area contributed by atoms with Crippen molar-refractivity contribution in [1.29, 1.82) is 0 Å². The number of nitrogens with zero attached hydrogens (tertiary/aromatic N) is 7. The Hall–Kier alpha value is -16.6. The number of rotatable bonds is 16. The van der Waals surface area contributed by atoms with Gasteiger partial charge in [0.25, 0.3) is 11.8 Å². The highest BCUT2D eigenvalue weighted by molar-refractivity contribution is 6.08. The molecule has 138 heavy (non-hydrogen) atoms. The minimum atomic E-state index is -1.25. The molecule has 5 aliphatic heterocycles. The van der Waals surface area contributed by atoms with E-state index in [1.807, 2.05) is 24.3 Å². The number of benzene rings is 10. The first-order valence-corrected chi connectivity index (χ1v) is 45.1. The molecule has 11 heterocycles. The van der Waals surface area contributed by atoms with Crippen molar-refractivity contribution in [3.63, 3.8) is 0 Å². The number of hydrogen-bond donors (Lipinski definition) is 2. The first-order chi connectivity index (χ1) is 66.1. The number of hydroxylamine groups is 2. The lowest BCUT2D eigenvalue weighted by Crippen LogP contribution is -2.33. The van der Waals surface area contributed by atoms with Crippen LogP contribution < -0.4 is 39.5 Å². The summed E-state index contributed by atoms with van der Waals surface area (Å²) in [6.07, 6.45) is 20.2. The molecule has 0 atom stereocenters. The van der Waals surface area contributed by atoms with Gasteiger partial charge in [-0.2, -0.15) is 0 Å².